The van der Waals surface area contributed by atoms with Gasteiger partial charge in [0.1, 0.15) is 0 Å². The van der Waals surface area contributed by atoms with Gasteiger partial charge in [-0.2, -0.15) is 0 Å². The monoisotopic (exact) mass is 469 g/mol. The van der Waals surface area contributed by atoms with E-state index in [-0.39, 0.29) is 0 Å². The highest BCUT2D eigenvalue weighted by Gasteiger charge is 2.42. The number of hydrogen-bond acceptors (Lipinski definition) is 1. The van der Waals surface area contributed by atoms with E-state index in [0.717, 1.165) is 16.8 Å². The fourth-order valence-corrected chi connectivity index (χ4v) is 6.29. The first-order valence-electron chi connectivity index (χ1n) is 15.3. The molecule has 0 spiro atoms. The summed E-state index contributed by atoms with van der Waals surface area (Å²) in [5, 5.41) is 3.59. The Bertz CT molecular complexity index is 1840. The van der Waals surface area contributed by atoms with Crippen LogP contribution in [-0.4, -0.2) is 0 Å². The van der Waals surface area contributed by atoms with Gasteiger partial charge < -0.3 is 5.32 Å². The van der Waals surface area contributed by atoms with E-state index in [1.54, 1.807) is 18.2 Å². The summed E-state index contributed by atoms with van der Waals surface area (Å²) in [5.74, 6) is 0. The second kappa shape index (κ2) is 7.45. The number of fused-ring (bicyclic) bond motifs is 6. The molecular weight excluding hydrogens is 434 g/mol. The molecule has 0 amide bonds. The number of anilines is 2. The molecule has 0 aliphatic heterocycles. The second-order valence-corrected chi connectivity index (χ2v) is 9.95. The summed E-state index contributed by atoms with van der Waals surface area (Å²) in [6.07, 6.45) is 0. The van der Waals surface area contributed by atoms with Crippen LogP contribution in [0, 0.1) is 0 Å². The Morgan fingerprint density at radius 3 is 2.00 bits per heavy atom. The number of rotatable bonds is 3. The molecule has 174 valence electrons. The van der Waals surface area contributed by atoms with E-state index in [2.05, 4.69) is 66.8 Å². The molecule has 36 heavy (non-hydrogen) atoms. The molecule has 0 fully saturated rings. The highest BCUT2D eigenvalue weighted by Crippen LogP contribution is 2.55. The predicted octanol–water partition coefficient (Wildman–Crippen LogP) is 9.07. The van der Waals surface area contributed by atoms with Crippen LogP contribution in [-0.2, 0) is 10.8 Å². The predicted molar refractivity (Wildman–Crippen MR) is 151 cm³/mol. The molecule has 7 rings (SSSR count). The molecule has 0 radical (unpaired) electrons. The zero-order chi connectivity index (χ0) is 29.5. The lowest BCUT2D eigenvalue weighted by atomic mass is 9.73. The van der Waals surface area contributed by atoms with Crippen LogP contribution in [0.15, 0.2) is 115 Å². The van der Waals surface area contributed by atoms with Gasteiger partial charge in [0.2, 0.25) is 0 Å². The van der Waals surface area contributed by atoms with Crippen molar-refractivity contribution in [3.63, 3.8) is 0 Å². The molecular formula is C35H29N. The molecule has 0 saturated carbocycles. The molecule has 1 atom stereocenters. The number of hydrogen-bond donors (Lipinski definition) is 1. The van der Waals surface area contributed by atoms with E-state index in [1.807, 2.05) is 42.5 Å². The smallest absolute Gasteiger partial charge is 0.0456 e. The van der Waals surface area contributed by atoms with Gasteiger partial charge in [0.15, 0.2) is 0 Å². The number of nitrogens with one attached hydrogen (secondary N) is 1. The summed E-state index contributed by atoms with van der Waals surface area (Å²) >= 11 is 0. The van der Waals surface area contributed by atoms with Crippen LogP contribution in [0.3, 0.4) is 0 Å². The topological polar surface area (TPSA) is 12.0 Å². The average Bonchev–Trinajstić information content (AvgIpc) is 3.42. The lowest BCUT2D eigenvalue weighted by molar-refractivity contribution is 0.660. The van der Waals surface area contributed by atoms with Gasteiger partial charge in [0.25, 0.3) is 0 Å². The molecule has 0 saturated heterocycles. The molecule has 2 aliphatic carbocycles. The molecule has 1 N–H and O–H groups in total. The Kier molecular flexibility index (Phi) is 3.27. The highest BCUT2D eigenvalue weighted by atomic mass is 14.9. The van der Waals surface area contributed by atoms with Gasteiger partial charge in [-0.05, 0) is 75.2 Å². The van der Waals surface area contributed by atoms with E-state index >= 15 is 0 Å². The summed E-state index contributed by atoms with van der Waals surface area (Å²) in [7, 11) is 0. The van der Waals surface area contributed by atoms with Crippen LogP contribution in [0.4, 0.5) is 11.4 Å². The van der Waals surface area contributed by atoms with Crippen LogP contribution in [0.25, 0.3) is 22.3 Å². The van der Waals surface area contributed by atoms with Crippen molar-refractivity contribution in [3.8, 4) is 22.3 Å². The van der Waals surface area contributed by atoms with Gasteiger partial charge in [0.05, 0.1) is 0 Å². The minimum atomic E-state index is -2.81. The molecule has 1 nitrogen and oxygen atoms in total. The van der Waals surface area contributed by atoms with Gasteiger partial charge >= 0.3 is 0 Å². The zero-order valence-electron chi connectivity index (χ0n) is 26.0. The van der Waals surface area contributed by atoms with Gasteiger partial charge in [0, 0.05) is 30.4 Å². The Morgan fingerprint density at radius 1 is 0.583 bits per heavy atom. The third kappa shape index (κ3) is 2.77. The third-order valence-electron chi connectivity index (χ3n) is 8.00. The Morgan fingerprint density at radius 2 is 1.22 bits per heavy atom. The third-order valence-corrected chi connectivity index (χ3v) is 8.00. The minimum absolute atomic E-state index is 0.301. The molecule has 1 heteroatoms. The van der Waals surface area contributed by atoms with Gasteiger partial charge in [-0.25, -0.2) is 0 Å². The molecule has 0 bridgehead atoms. The largest absolute Gasteiger partial charge is 0.355 e. The van der Waals surface area contributed by atoms with E-state index < -0.39 is 24.5 Å². The van der Waals surface area contributed by atoms with Crippen LogP contribution >= 0.6 is 0 Å². The highest BCUT2D eigenvalue weighted by molar-refractivity contribution is 5.90. The van der Waals surface area contributed by atoms with Crippen LogP contribution in [0.2, 0.25) is 0 Å². The normalized spacial score (nSPS) is 21.4. The quantitative estimate of drug-likeness (QED) is 0.278. The summed E-state index contributed by atoms with van der Waals surface area (Å²) in [6, 6.07) is 37.6. The summed E-state index contributed by atoms with van der Waals surface area (Å²) in [6.45, 7) is -3.37. The summed E-state index contributed by atoms with van der Waals surface area (Å²) in [5.41, 5.74) is 6.68. The van der Waals surface area contributed by atoms with Crippen molar-refractivity contribution < 1.29 is 8.22 Å². The van der Waals surface area contributed by atoms with Gasteiger partial charge in [-0.15, -0.1) is 0 Å². The molecule has 0 aromatic heterocycles. The zero-order valence-corrected chi connectivity index (χ0v) is 20.0. The first-order valence-corrected chi connectivity index (χ1v) is 12.3. The number of benzene rings is 5. The maximum atomic E-state index is 8.56. The van der Waals surface area contributed by atoms with Crippen molar-refractivity contribution in [2.75, 3.05) is 5.32 Å². The van der Waals surface area contributed by atoms with E-state index in [0.29, 0.717) is 27.9 Å². The molecule has 5 aromatic rings. The van der Waals surface area contributed by atoms with Crippen LogP contribution < -0.4 is 5.32 Å². The first kappa shape index (κ1) is 15.8. The second-order valence-electron chi connectivity index (χ2n) is 9.95. The molecule has 0 heterocycles. The summed E-state index contributed by atoms with van der Waals surface area (Å²) in [4.78, 5) is 0. The van der Waals surface area contributed by atoms with Crippen molar-refractivity contribution >= 4 is 11.4 Å². The van der Waals surface area contributed by atoms with Crippen LogP contribution in [0.1, 0.15) is 56.7 Å². The van der Waals surface area contributed by atoms with Crippen LogP contribution in [0.5, 0.6) is 0 Å². The van der Waals surface area contributed by atoms with E-state index in [1.165, 1.54) is 16.7 Å². The van der Waals surface area contributed by atoms with E-state index in [4.69, 9.17) is 8.22 Å². The Labute approximate surface area is 221 Å². The minimum Gasteiger partial charge on any atom is -0.355 e. The Balaban J connectivity index is 1.43. The molecule has 1 unspecified atom stereocenters. The van der Waals surface area contributed by atoms with Crippen molar-refractivity contribution in [2.24, 2.45) is 0 Å². The lowest BCUT2D eigenvalue weighted by Gasteiger charge is -2.30. The molecule has 2 aliphatic rings. The lowest BCUT2D eigenvalue weighted by Crippen LogP contribution is -2.23. The van der Waals surface area contributed by atoms with Gasteiger partial charge in [-0.1, -0.05) is 111 Å². The fourth-order valence-electron chi connectivity index (χ4n) is 6.29. The van der Waals surface area contributed by atoms with Crippen molar-refractivity contribution in [3.05, 3.63) is 143 Å². The Hall–Kier alpha value is -4.10. The van der Waals surface area contributed by atoms with Gasteiger partial charge in [-0.3, -0.25) is 0 Å². The molecule has 5 aromatic carbocycles. The SMILES string of the molecule is [2H]C([2H])([2H])C1(C([2H])([2H])[2H])c2ccccc2-c2ccc(Nc3cccc4c3C(C)(c3ccccc3)c3ccccc3-4)cc21. The fraction of sp³-hybridized carbons (Fsp3) is 0.143. The summed E-state index contributed by atoms with van der Waals surface area (Å²) < 4.78 is 51.4. The van der Waals surface area contributed by atoms with Crippen molar-refractivity contribution in [1.82, 2.24) is 0 Å². The van der Waals surface area contributed by atoms with Crippen molar-refractivity contribution in [1.29, 1.82) is 0 Å². The maximum Gasteiger partial charge on any atom is 0.0456 e. The van der Waals surface area contributed by atoms with E-state index in [9.17, 15) is 0 Å². The van der Waals surface area contributed by atoms with Crippen molar-refractivity contribution in [2.45, 2.75) is 31.5 Å². The maximum absolute atomic E-state index is 8.56. The average molecular weight is 470 g/mol. The first-order chi connectivity index (χ1) is 20.0. The standard InChI is InChI=1S/C35H29N/c1-34(2)29-17-9-7-14-25(29)27-21-20-24(22-31(27)34)36-32-19-11-16-28-26-15-8-10-18-30(26)35(3,33(28)32)23-12-5-4-6-13-23/h4-22,36H,1-3H3/i1D3,2D3.